The molecule has 2 saturated heterocycles. The molecule has 0 bridgehead atoms. The Labute approximate surface area is 161 Å². The van der Waals surface area contributed by atoms with Crippen LogP contribution in [0.3, 0.4) is 0 Å². The molecule has 3 heterocycles. The molecule has 27 heavy (non-hydrogen) atoms. The van der Waals surface area contributed by atoms with Crippen molar-refractivity contribution in [2.24, 2.45) is 13.0 Å². The maximum atomic E-state index is 6.33. The Kier molecular flexibility index (Phi) is 5.48. The molecule has 2 aliphatic rings. The molecule has 2 fully saturated rings. The van der Waals surface area contributed by atoms with Crippen LogP contribution in [0.4, 0.5) is 5.69 Å². The average molecular weight is 370 g/mol. The van der Waals surface area contributed by atoms with Gasteiger partial charge < -0.3 is 14.8 Å². The molecule has 6 heteroatoms. The van der Waals surface area contributed by atoms with Gasteiger partial charge >= 0.3 is 0 Å². The van der Waals surface area contributed by atoms with Gasteiger partial charge in [-0.25, -0.2) is 0 Å². The van der Waals surface area contributed by atoms with Gasteiger partial charge in [0, 0.05) is 56.6 Å². The number of hydrogen-bond acceptors (Lipinski definition) is 5. The van der Waals surface area contributed by atoms with Crippen LogP contribution < -0.4 is 5.32 Å². The summed E-state index contributed by atoms with van der Waals surface area (Å²) in [4.78, 5) is 2.44. The van der Waals surface area contributed by atoms with Gasteiger partial charge in [-0.1, -0.05) is 12.1 Å². The monoisotopic (exact) mass is 370 g/mol. The van der Waals surface area contributed by atoms with E-state index in [1.807, 2.05) is 17.9 Å². The van der Waals surface area contributed by atoms with Gasteiger partial charge in [-0.3, -0.25) is 9.58 Å². The molecule has 0 aliphatic carbocycles. The summed E-state index contributed by atoms with van der Waals surface area (Å²) in [5.74, 6) is 0.507. The number of hydrogen-bond donors (Lipinski definition) is 1. The predicted molar refractivity (Wildman–Crippen MR) is 106 cm³/mol. The zero-order valence-corrected chi connectivity index (χ0v) is 16.4. The lowest BCUT2D eigenvalue weighted by Gasteiger charge is -2.31. The van der Waals surface area contributed by atoms with Gasteiger partial charge in [-0.05, 0) is 31.0 Å². The lowest BCUT2D eigenvalue weighted by Crippen LogP contribution is -2.43. The highest BCUT2D eigenvalue weighted by Crippen LogP contribution is 2.33. The summed E-state index contributed by atoms with van der Waals surface area (Å²) in [6.07, 6.45) is 5.07. The van der Waals surface area contributed by atoms with E-state index in [4.69, 9.17) is 9.47 Å². The lowest BCUT2D eigenvalue weighted by molar-refractivity contribution is -0.0562. The highest BCUT2D eigenvalue weighted by Gasteiger charge is 2.43. The van der Waals surface area contributed by atoms with Gasteiger partial charge in [0.1, 0.15) is 5.60 Å². The Morgan fingerprint density at radius 1 is 1.37 bits per heavy atom. The van der Waals surface area contributed by atoms with Crippen molar-refractivity contribution < 1.29 is 9.47 Å². The highest BCUT2D eigenvalue weighted by molar-refractivity contribution is 5.45. The molecule has 0 amide bonds. The van der Waals surface area contributed by atoms with Crippen LogP contribution in [0.5, 0.6) is 0 Å². The van der Waals surface area contributed by atoms with E-state index in [2.05, 4.69) is 52.7 Å². The largest absolute Gasteiger partial charge is 0.385 e. The second kappa shape index (κ2) is 8.00. The molecule has 146 valence electrons. The standard InChI is InChI=1S/C21H30N4O2/c1-17-4-3-5-20(8-17)22-10-18-9-21(27-14-18)15-25(6-7-26-16-21)13-19-11-23-24(2)12-19/h3-5,8,11-12,18,22H,6-7,9-10,13-16H2,1-2H3/t18-,21-/m0/s1. The van der Waals surface area contributed by atoms with E-state index >= 15 is 0 Å². The number of nitrogens with zero attached hydrogens (tertiary/aromatic N) is 3. The number of rotatable bonds is 5. The number of benzene rings is 1. The van der Waals surface area contributed by atoms with Crippen molar-refractivity contribution in [3.63, 3.8) is 0 Å². The number of nitrogens with one attached hydrogen (secondary N) is 1. The fourth-order valence-corrected chi connectivity index (χ4v) is 4.23. The van der Waals surface area contributed by atoms with Gasteiger partial charge in [-0.2, -0.15) is 5.10 Å². The van der Waals surface area contributed by atoms with Crippen molar-refractivity contribution in [1.82, 2.24) is 14.7 Å². The van der Waals surface area contributed by atoms with Gasteiger partial charge in [0.25, 0.3) is 0 Å². The zero-order chi connectivity index (χ0) is 18.7. The maximum Gasteiger partial charge on any atom is 0.104 e. The Balaban J connectivity index is 1.34. The topological polar surface area (TPSA) is 51.5 Å². The van der Waals surface area contributed by atoms with Crippen molar-refractivity contribution in [2.45, 2.75) is 25.5 Å². The summed E-state index contributed by atoms with van der Waals surface area (Å²) in [6, 6.07) is 8.54. The molecule has 0 unspecified atom stereocenters. The molecule has 6 nitrogen and oxygen atoms in total. The van der Waals surface area contributed by atoms with E-state index in [1.165, 1.54) is 16.8 Å². The normalized spacial score (nSPS) is 26.4. The Bertz CT molecular complexity index is 762. The van der Waals surface area contributed by atoms with E-state index in [1.54, 1.807) is 0 Å². The first-order chi connectivity index (χ1) is 13.1. The number of aromatic nitrogens is 2. The van der Waals surface area contributed by atoms with Gasteiger partial charge in [0.05, 0.1) is 26.0 Å². The second-order valence-corrected chi connectivity index (χ2v) is 8.10. The third kappa shape index (κ3) is 4.69. The summed E-state index contributed by atoms with van der Waals surface area (Å²) in [5, 5.41) is 7.86. The maximum absolute atomic E-state index is 6.33. The van der Waals surface area contributed by atoms with Crippen molar-refractivity contribution in [1.29, 1.82) is 0 Å². The van der Waals surface area contributed by atoms with Gasteiger partial charge in [0.2, 0.25) is 0 Å². The summed E-state index contributed by atoms with van der Waals surface area (Å²) >= 11 is 0. The molecular weight excluding hydrogens is 340 g/mol. The van der Waals surface area contributed by atoms with E-state index < -0.39 is 0 Å². The average Bonchev–Trinajstić information content (AvgIpc) is 3.17. The SMILES string of the molecule is Cc1cccc(NC[C@H]2CO[C@@]3(COCCN(Cc4cnn(C)c4)C3)C2)c1. The quantitative estimate of drug-likeness (QED) is 0.876. The summed E-state index contributed by atoms with van der Waals surface area (Å²) in [7, 11) is 1.96. The summed E-state index contributed by atoms with van der Waals surface area (Å²) in [5.41, 5.74) is 3.52. The summed E-state index contributed by atoms with van der Waals surface area (Å²) < 4.78 is 14.1. The molecule has 2 atom stereocenters. The van der Waals surface area contributed by atoms with Crippen LogP contribution in [0.15, 0.2) is 36.7 Å². The number of aryl methyl sites for hydroxylation is 2. The van der Waals surface area contributed by atoms with Crippen molar-refractivity contribution in [2.75, 3.05) is 44.8 Å². The molecular formula is C21H30N4O2. The molecule has 1 aromatic carbocycles. The van der Waals surface area contributed by atoms with Crippen molar-refractivity contribution >= 4 is 5.69 Å². The van der Waals surface area contributed by atoms with Crippen LogP contribution in [0.1, 0.15) is 17.5 Å². The van der Waals surface area contributed by atoms with Crippen LogP contribution in [0.2, 0.25) is 0 Å². The number of ether oxygens (including phenoxy) is 2. The first-order valence-electron chi connectivity index (χ1n) is 9.82. The Morgan fingerprint density at radius 3 is 3.11 bits per heavy atom. The zero-order valence-electron chi connectivity index (χ0n) is 16.4. The van der Waals surface area contributed by atoms with Crippen LogP contribution >= 0.6 is 0 Å². The number of anilines is 1. The minimum atomic E-state index is -0.183. The van der Waals surface area contributed by atoms with E-state index in [-0.39, 0.29) is 5.60 Å². The molecule has 0 saturated carbocycles. The van der Waals surface area contributed by atoms with Crippen LogP contribution in [-0.4, -0.2) is 59.7 Å². The van der Waals surface area contributed by atoms with Gasteiger partial charge in [-0.15, -0.1) is 0 Å². The second-order valence-electron chi connectivity index (χ2n) is 8.10. The first-order valence-corrected chi connectivity index (χ1v) is 9.82. The molecule has 4 rings (SSSR count). The predicted octanol–water partition coefficient (Wildman–Crippen LogP) is 2.45. The fourth-order valence-electron chi connectivity index (χ4n) is 4.23. The molecule has 2 aromatic rings. The fraction of sp³-hybridized carbons (Fsp3) is 0.571. The Hall–Kier alpha value is -1.89. The smallest absolute Gasteiger partial charge is 0.104 e. The van der Waals surface area contributed by atoms with Crippen LogP contribution in [0, 0.1) is 12.8 Å². The Morgan fingerprint density at radius 2 is 2.30 bits per heavy atom. The third-order valence-corrected chi connectivity index (χ3v) is 5.49. The van der Waals surface area contributed by atoms with Crippen LogP contribution in [0.25, 0.3) is 0 Å². The minimum absolute atomic E-state index is 0.183. The van der Waals surface area contributed by atoms with Crippen LogP contribution in [-0.2, 0) is 23.1 Å². The van der Waals surface area contributed by atoms with Crippen molar-refractivity contribution in [3.05, 3.63) is 47.8 Å². The minimum Gasteiger partial charge on any atom is -0.385 e. The van der Waals surface area contributed by atoms with E-state index in [0.29, 0.717) is 12.5 Å². The van der Waals surface area contributed by atoms with E-state index in [0.717, 1.165) is 45.8 Å². The highest BCUT2D eigenvalue weighted by atomic mass is 16.5. The molecule has 2 aliphatic heterocycles. The third-order valence-electron chi connectivity index (χ3n) is 5.49. The molecule has 1 spiro atoms. The lowest BCUT2D eigenvalue weighted by atomic mass is 9.94. The van der Waals surface area contributed by atoms with Crippen molar-refractivity contribution in [3.8, 4) is 0 Å². The molecule has 1 N–H and O–H groups in total. The van der Waals surface area contributed by atoms with E-state index in [9.17, 15) is 0 Å². The summed E-state index contributed by atoms with van der Waals surface area (Å²) in [6.45, 7) is 8.06. The molecule has 1 aromatic heterocycles. The first kappa shape index (κ1) is 18.5. The molecule has 0 radical (unpaired) electrons. The van der Waals surface area contributed by atoms with Gasteiger partial charge in [0.15, 0.2) is 0 Å².